The molecule has 0 aromatic carbocycles. The molecule has 0 N–H and O–H groups in total. The first-order chi connectivity index (χ1) is 11.8. The van der Waals surface area contributed by atoms with Crippen LogP contribution in [0.4, 0.5) is 0 Å². The second-order valence-electron chi connectivity index (χ2n) is 9.65. The zero-order valence-electron chi connectivity index (χ0n) is 17.8. The molecule has 2 rings (SSSR count). The zero-order valence-corrected chi connectivity index (χ0v) is 18.7. The van der Waals surface area contributed by atoms with Gasteiger partial charge in [0.2, 0.25) is 0 Å². The topological polar surface area (TPSA) is 6.48 Å². The van der Waals surface area contributed by atoms with Crippen LogP contribution in [0.3, 0.4) is 0 Å². The lowest BCUT2D eigenvalue weighted by Crippen LogP contribution is -2.41. The van der Waals surface area contributed by atoms with Crippen molar-refractivity contribution in [1.82, 2.24) is 9.80 Å². The molecule has 0 saturated carbocycles. The van der Waals surface area contributed by atoms with Crippen LogP contribution in [0.1, 0.15) is 60.3 Å². The highest BCUT2D eigenvalue weighted by atomic mass is 32.2. The van der Waals surface area contributed by atoms with E-state index < -0.39 is 0 Å². The first-order valence-corrected chi connectivity index (χ1v) is 11.9. The molecule has 4 atom stereocenters. The predicted octanol–water partition coefficient (Wildman–Crippen LogP) is 5.09. The van der Waals surface area contributed by atoms with E-state index in [4.69, 9.17) is 0 Å². The number of piperidine rings is 1. The fourth-order valence-corrected chi connectivity index (χ4v) is 5.86. The van der Waals surface area contributed by atoms with Gasteiger partial charge in [0.05, 0.1) is 0 Å². The van der Waals surface area contributed by atoms with Crippen molar-refractivity contribution in [1.29, 1.82) is 0 Å². The lowest BCUT2D eigenvalue weighted by Gasteiger charge is -2.37. The molecule has 2 fully saturated rings. The Hall–Kier alpha value is 0.270. The normalized spacial score (nSPS) is 28.2. The molecule has 25 heavy (non-hydrogen) atoms. The van der Waals surface area contributed by atoms with Crippen LogP contribution in [0.25, 0.3) is 0 Å². The molecule has 0 amide bonds. The van der Waals surface area contributed by atoms with E-state index in [2.05, 4.69) is 63.2 Å². The van der Waals surface area contributed by atoms with Gasteiger partial charge in [0.25, 0.3) is 0 Å². The number of hydrogen-bond donors (Lipinski definition) is 0. The average molecular weight is 369 g/mol. The van der Waals surface area contributed by atoms with Crippen LogP contribution in [0, 0.1) is 29.6 Å². The maximum absolute atomic E-state index is 2.75. The summed E-state index contributed by atoms with van der Waals surface area (Å²) in [6, 6.07) is 0. The standard InChI is InChI=1S/C22H44N2S/c1-17(2)20(5)15-24-11-12-25-22(16-24)14-19(4)18(3)13-21-7-9-23(6)10-8-21/h17-22H,7-16H2,1-6H3. The molecule has 0 aliphatic carbocycles. The molecule has 0 radical (unpaired) electrons. The van der Waals surface area contributed by atoms with Crippen LogP contribution in [-0.2, 0) is 0 Å². The number of hydrogen-bond acceptors (Lipinski definition) is 3. The fraction of sp³-hybridized carbons (Fsp3) is 1.00. The van der Waals surface area contributed by atoms with Gasteiger partial charge in [-0.15, -0.1) is 0 Å². The molecule has 2 saturated heterocycles. The smallest absolute Gasteiger partial charge is 0.0178 e. The molecule has 2 heterocycles. The fourth-order valence-electron chi connectivity index (χ4n) is 4.41. The summed E-state index contributed by atoms with van der Waals surface area (Å²) in [6.45, 7) is 18.8. The zero-order chi connectivity index (χ0) is 18.4. The van der Waals surface area contributed by atoms with E-state index in [0.717, 1.165) is 34.8 Å². The summed E-state index contributed by atoms with van der Waals surface area (Å²) in [5.41, 5.74) is 0. The van der Waals surface area contributed by atoms with Crippen LogP contribution >= 0.6 is 11.8 Å². The Morgan fingerprint density at radius 3 is 2.16 bits per heavy atom. The van der Waals surface area contributed by atoms with Gasteiger partial charge in [-0.2, -0.15) is 11.8 Å². The van der Waals surface area contributed by atoms with Crippen LogP contribution in [0.15, 0.2) is 0 Å². The summed E-state index contributed by atoms with van der Waals surface area (Å²) in [6.07, 6.45) is 5.73. The van der Waals surface area contributed by atoms with E-state index in [1.807, 2.05) is 0 Å². The Kier molecular flexibility index (Phi) is 9.11. The SMILES string of the molecule is CC(C)C(C)CN1CCSC(CC(C)C(C)CC2CCN(C)CC2)C1. The van der Waals surface area contributed by atoms with Crippen molar-refractivity contribution in [3.63, 3.8) is 0 Å². The van der Waals surface area contributed by atoms with Crippen LogP contribution in [0.2, 0.25) is 0 Å². The van der Waals surface area contributed by atoms with Crippen molar-refractivity contribution in [2.45, 2.75) is 65.6 Å². The van der Waals surface area contributed by atoms with E-state index >= 15 is 0 Å². The summed E-state index contributed by atoms with van der Waals surface area (Å²) in [5.74, 6) is 5.71. The molecule has 4 unspecified atom stereocenters. The van der Waals surface area contributed by atoms with E-state index in [9.17, 15) is 0 Å². The third-order valence-corrected chi connectivity index (χ3v) is 8.29. The van der Waals surface area contributed by atoms with Gasteiger partial charge >= 0.3 is 0 Å². The lowest BCUT2D eigenvalue weighted by molar-refractivity contribution is 0.176. The minimum atomic E-state index is 0.807. The highest BCUT2D eigenvalue weighted by molar-refractivity contribution is 8.00. The molecule has 148 valence electrons. The summed E-state index contributed by atoms with van der Waals surface area (Å²) in [4.78, 5) is 5.25. The number of likely N-dealkylation sites (tertiary alicyclic amines) is 1. The Balaban J connectivity index is 1.72. The second kappa shape index (κ2) is 10.6. The highest BCUT2D eigenvalue weighted by Gasteiger charge is 2.27. The number of rotatable bonds is 8. The third kappa shape index (κ3) is 7.42. The molecule has 2 aliphatic rings. The Labute approximate surface area is 162 Å². The maximum atomic E-state index is 2.75. The molecule has 2 aliphatic heterocycles. The van der Waals surface area contributed by atoms with Crippen LogP contribution in [0.5, 0.6) is 0 Å². The predicted molar refractivity (Wildman–Crippen MR) is 114 cm³/mol. The Morgan fingerprint density at radius 2 is 1.52 bits per heavy atom. The first kappa shape index (κ1) is 21.6. The summed E-state index contributed by atoms with van der Waals surface area (Å²) >= 11 is 2.25. The van der Waals surface area contributed by atoms with Crippen molar-refractivity contribution in [2.24, 2.45) is 29.6 Å². The molecule has 0 bridgehead atoms. The Morgan fingerprint density at radius 1 is 0.880 bits per heavy atom. The third-order valence-electron chi connectivity index (χ3n) is 7.06. The van der Waals surface area contributed by atoms with E-state index in [1.165, 1.54) is 64.2 Å². The average Bonchev–Trinajstić information content (AvgIpc) is 2.57. The van der Waals surface area contributed by atoms with Gasteiger partial charge in [-0.1, -0.05) is 34.6 Å². The molecular weight excluding hydrogens is 324 g/mol. The minimum absolute atomic E-state index is 0.807. The van der Waals surface area contributed by atoms with Gasteiger partial charge in [0.1, 0.15) is 0 Å². The van der Waals surface area contributed by atoms with E-state index in [0.29, 0.717) is 0 Å². The summed E-state index contributed by atoms with van der Waals surface area (Å²) in [7, 11) is 2.27. The van der Waals surface area contributed by atoms with Crippen LogP contribution < -0.4 is 0 Å². The largest absolute Gasteiger partial charge is 0.306 e. The summed E-state index contributed by atoms with van der Waals surface area (Å²) in [5, 5.41) is 0.864. The van der Waals surface area contributed by atoms with E-state index in [-0.39, 0.29) is 0 Å². The number of thioether (sulfide) groups is 1. The van der Waals surface area contributed by atoms with Crippen molar-refractivity contribution >= 4 is 11.8 Å². The van der Waals surface area contributed by atoms with Gasteiger partial charge in [0.15, 0.2) is 0 Å². The minimum Gasteiger partial charge on any atom is -0.306 e. The van der Waals surface area contributed by atoms with Crippen molar-refractivity contribution < 1.29 is 0 Å². The monoisotopic (exact) mass is 368 g/mol. The second-order valence-corrected chi connectivity index (χ2v) is 11.1. The maximum Gasteiger partial charge on any atom is 0.0178 e. The first-order valence-electron chi connectivity index (χ1n) is 10.9. The summed E-state index contributed by atoms with van der Waals surface area (Å²) < 4.78 is 0. The quantitative estimate of drug-likeness (QED) is 0.589. The molecule has 3 heteroatoms. The molecule has 0 aromatic rings. The van der Waals surface area contributed by atoms with Crippen LogP contribution in [-0.4, -0.2) is 60.6 Å². The molecular formula is C22H44N2S. The lowest BCUT2D eigenvalue weighted by atomic mass is 9.81. The number of nitrogens with zero attached hydrogens (tertiary/aromatic N) is 2. The van der Waals surface area contributed by atoms with Gasteiger partial charge in [-0.3, -0.25) is 0 Å². The van der Waals surface area contributed by atoms with Gasteiger partial charge in [-0.25, -0.2) is 0 Å². The van der Waals surface area contributed by atoms with Crippen molar-refractivity contribution in [2.75, 3.05) is 45.5 Å². The van der Waals surface area contributed by atoms with Crippen molar-refractivity contribution in [3.8, 4) is 0 Å². The van der Waals surface area contributed by atoms with Gasteiger partial charge < -0.3 is 9.80 Å². The van der Waals surface area contributed by atoms with Gasteiger partial charge in [0, 0.05) is 30.6 Å². The molecule has 0 aromatic heterocycles. The molecule has 2 nitrogen and oxygen atoms in total. The Bertz CT molecular complexity index is 365. The van der Waals surface area contributed by atoms with E-state index in [1.54, 1.807) is 0 Å². The highest BCUT2D eigenvalue weighted by Crippen LogP contribution is 2.33. The van der Waals surface area contributed by atoms with Gasteiger partial charge in [-0.05, 0) is 75.4 Å². The van der Waals surface area contributed by atoms with Crippen molar-refractivity contribution in [3.05, 3.63) is 0 Å². The molecule has 0 spiro atoms.